The summed E-state index contributed by atoms with van der Waals surface area (Å²) in [7, 11) is 3.60. The number of amides is 1. The fourth-order valence-corrected chi connectivity index (χ4v) is 4.98. The molecule has 1 fully saturated rings. The summed E-state index contributed by atoms with van der Waals surface area (Å²) in [6.45, 7) is 6.29. The van der Waals surface area contributed by atoms with E-state index in [2.05, 4.69) is 24.0 Å². The number of rotatable bonds is 6. The summed E-state index contributed by atoms with van der Waals surface area (Å²) >= 11 is 1.67. The van der Waals surface area contributed by atoms with Crippen LogP contribution >= 0.6 is 11.3 Å². The van der Waals surface area contributed by atoms with E-state index in [1.165, 1.54) is 9.60 Å². The first-order chi connectivity index (χ1) is 14.6. The molecule has 0 bridgehead atoms. The number of para-hydroxylation sites is 3. The molecule has 1 N–H and O–H groups in total. The number of fused-ring (bicyclic) bond motifs is 1. The largest absolute Gasteiger partial charge is 0.495 e. The first kappa shape index (κ1) is 20.6. The maximum Gasteiger partial charge on any atom is 0.278 e. The number of aromatic nitrogens is 1. The van der Waals surface area contributed by atoms with Crippen molar-refractivity contribution in [2.45, 2.75) is 13.0 Å². The third kappa shape index (κ3) is 4.27. The number of nitrogens with one attached hydrogen (secondary N) is 1. The van der Waals surface area contributed by atoms with Crippen LogP contribution in [0.1, 0.15) is 18.0 Å². The van der Waals surface area contributed by atoms with Gasteiger partial charge in [-0.25, -0.2) is 4.98 Å². The van der Waals surface area contributed by atoms with E-state index in [1.807, 2.05) is 48.3 Å². The first-order valence-corrected chi connectivity index (χ1v) is 11.2. The second kappa shape index (κ2) is 9.02. The normalized spacial score (nSPS) is 15.9. The molecule has 6 nitrogen and oxygen atoms in total. The summed E-state index contributed by atoms with van der Waals surface area (Å²) in [4.78, 5) is 23.2. The summed E-state index contributed by atoms with van der Waals surface area (Å²) < 4.78 is 6.66. The van der Waals surface area contributed by atoms with Crippen LogP contribution in [-0.4, -0.2) is 62.7 Å². The van der Waals surface area contributed by atoms with E-state index in [1.54, 1.807) is 18.4 Å². The molecule has 1 aliphatic heterocycles. The smallest absolute Gasteiger partial charge is 0.278 e. The number of piperazine rings is 1. The van der Waals surface area contributed by atoms with Crippen molar-refractivity contribution in [1.82, 2.24) is 9.88 Å². The monoisotopic (exact) mass is 425 g/mol. The number of hydrogen-bond donors (Lipinski definition) is 1. The molecule has 0 unspecified atom stereocenters. The standard InChI is InChI=1S/C23H28N4O2S/c1-17(23-24-18-8-4-7-11-21(18)30-23)25(2)22(28)16-26-12-14-27(15-13-26)19-9-5-6-10-20(19)29-3/h4-11,17H,12-16H2,1-3H3/p+1/t17-/m1/s1. The minimum absolute atomic E-state index is 0.0239. The van der Waals surface area contributed by atoms with Gasteiger partial charge in [0.2, 0.25) is 0 Å². The van der Waals surface area contributed by atoms with Gasteiger partial charge in [0.1, 0.15) is 10.8 Å². The average molecular weight is 426 g/mol. The maximum atomic E-state index is 12.9. The number of likely N-dealkylation sites (N-methyl/N-ethyl adjacent to an activating group) is 1. The number of quaternary nitrogens is 1. The number of benzene rings is 2. The molecule has 1 aliphatic rings. The molecule has 2 heterocycles. The quantitative estimate of drug-likeness (QED) is 0.658. The van der Waals surface area contributed by atoms with Gasteiger partial charge in [-0.05, 0) is 31.2 Å². The molecule has 0 aliphatic carbocycles. The number of methoxy groups -OCH3 is 1. The Morgan fingerprint density at radius 1 is 1.20 bits per heavy atom. The Morgan fingerprint density at radius 2 is 1.90 bits per heavy atom. The highest BCUT2D eigenvalue weighted by Gasteiger charge is 2.27. The van der Waals surface area contributed by atoms with Gasteiger partial charge in [-0.2, -0.15) is 0 Å². The number of hydrogen-bond acceptors (Lipinski definition) is 5. The lowest BCUT2D eigenvalue weighted by Crippen LogP contribution is -3.15. The fourth-order valence-electron chi connectivity index (χ4n) is 3.92. The highest BCUT2D eigenvalue weighted by atomic mass is 32.1. The van der Waals surface area contributed by atoms with E-state index in [0.29, 0.717) is 6.54 Å². The van der Waals surface area contributed by atoms with Gasteiger partial charge >= 0.3 is 0 Å². The Balaban J connectivity index is 1.34. The van der Waals surface area contributed by atoms with Crippen LogP contribution in [0.4, 0.5) is 5.69 Å². The number of thiazole rings is 1. The Labute approximate surface area is 181 Å². The molecule has 0 spiro atoms. The number of nitrogens with zero attached hydrogens (tertiary/aromatic N) is 3. The van der Waals surface area contributed by atoms with Gasteiger partial charge in [-0.15, -0.1) is 11.3 Å². The van der Waals surface area contributed by atoms with E-state index >= 15 is 0 Å². The van der Waals surface area contributed by atoms with Crippen molar-refractivity contribution >= 4 is 33.1 Å². The molecular weight excluding hydrogens is 396 g/mol. The Hall–Kier alpha value is -2.64. The van der Waals surface area contributed by atoms with Crippen LogP contribution in [0.15, 0.2) is 48.5 Å². The lowest BCUT2D eigenvalue weighted by atomic mass is 10.2. The van der Waals surface area contributed by atoms with Crippen molar-refractivity contribution in [3.63, 3.8) is 0 Å². The molecule has 0 saturated carbocycles. The number of carbonyl (C=O) groups is 1. The van der Waals surface area contributed by atoms with Gasteiger partial charge in [-0.3, -0.25) is 4.79 Å². The molecule has 2 aromatic carbocycles. The van der Waals surface area contributed by atoms with E-state index in [-0.39, 0.29) is 11.9 Å². The molecule has 30 heavy (non-hydrogen) atoms. The van der Waals surface area contributed by atoms with Crippen molar-refractivity contribution in [1.29, 1.82) is 0 Å². The first-order valence-electron chi connectivity index (χ1n) is 10.4. The van der Waals surface area contributed by atoms with Crippen molar-refractivity contribution in [3.8, 4) is 5.75 Å². The zero-order valence-electron chi connectivity index (χ0n) is 17.8. The van der Waals surface area contributed by atoms with Crippen molar-refractivity contribution in [3.05, 3.63) is 53.5 Å². The highest BCUT2D eigenvalue weighted by Crippen LogP contribution is 2.29. The molecule has 158 valence electrons. The molecule has 4 rings (SSSR count). The van der Waals surface area contributed by atoms with Crippen LogP contribution in [-0.2, 0) is 4.79 Å². The topological polar surface area (TPSA) is 50.1 Å². The molecular formula is C23H29N4O2S+. The molecule has 1 amide bonds. The van der Waals surface area contributed by atoms with Gasteiger partial charge in [0.15, 0.2) is 6.54 Å². The van der Waals surface area contributed by atoms with Crippen LogP contribution in [0.3, 0.4) is 0 Å². The zero-order chi connectivity index (χ0) is 21.1. The van der Waals surface area contributed by atoms with Crippen molar-refractivity contribution in [2.75, 3.05) is 51.8 Å². The number of ether oxygens (including phenoxy) is 1. The Bertz CT molecular complexity index is 980. The number of anilines is 1. The summed E-state index contributed by atoms with van der Waals surface area (Å²) in [5.41, 5.74) is 2.13. The maximum absolute atomic E-state index is 12.9. The molecule has 1 atom stereocenters. The third-order valence-corrected chi connectivity index (χ3v) is 7.15. The Kier molecular flexibility index (Phi) is 6.20. The summed E-state index contributed by atoms with van der Waals surface area (Å²) in [6.07, 6.45) is 0. The van der Waals surface area contributed by atoms with Crippen LogP contribution in [0.5, 0.6) is 5.75 Å². The van der Waals surface area contributed by atoms with E-state index < -0.39 is 0 Å². The number of carbonyl (C=O) groups excluding carboxylic acids is 1. The lowest BCUT2D eigenvalue weighted by Gasteiger charge is -2.35. The minimum atomic E-state index is -0.0239. The van der Waals surface area contributed by atoms with Gasteiger partial charge in [-0.1, -0.05) is 24.3 Å². The predicted molar refractivity (Wildman–Crippen MR) is 122 cm³/mol. The molecule has 3 aromatic rings. The fraction of sp³-hybridized carbons (Fsp3) is 0.391. The minimum Gasteiger partial charge on any atom is -0.495 e. The van der Waals surface area contributed by atoms with Gasteiger partial charge in [0, 0.05) is 7.05 Å². The summed E-state index contributed by atoms with van der Waals surface area (Å²) in [5, 5.41) is 0.989. The molecule has 0 radical (unpaired) electrons. The lowest BCUT2D eigenvalue weighted by molar-refractivity contribution is -0.892. The third-order valence-electron chi connectivity index (χ3n) is 5.94. The second-order valence-electron chi connectivity index (χ2n) is 7.79. The van der Waals surface area contributed by atoms with Crippen molar-refractivity contribution in [2.24, 2.45) is 0 Å². The van der Waals surface area contributed by atoms with Gasteiger partial charge in [0.25, 0.3) is 5.91 Å². The zero-order valence-corrected chi connectivity index (χ0v) is 18.6. The summed E-state index contributed by atoms with van der Waals surface area (Å²) in [5.74, 6) is 1.07. The van der Waals surface area contributed by atoms with Gasteiger partial charge in [0.05, 0.1) is 55.2 Å². The van der Waals surface area contributed by atoms with Crippen LogP contribution in [0, 0.1) is 0 Å². The SMILES string of the molecule is COc1ccccc1N1CC[NH+](CC(=O)N(C)[C@H](C)c2nc3ccccc3s2)CC1. The van der Waals surface area contributed by atoms with E-state index in [0.717, 1.165) is 48.1 Å². The molecule has 7 heteroatoms. The van der Waals surface area contributed by atoms with Crippen LogP contribution < -0.4 is 14.5 Å². The molecule has 1 saturated heterocycles. The van der Waals surface area contributed by atoms with Crippen LogP contribution in [0.25, 0.3) is 10.2 Å². The Morgan fingerprint density at radius 3 is 2.63 bits per heavy atom. The summed E-state index contributed by atoms with van der Waals surface area (Å²) in [6, 6.07) is 16.2. The molecule has 1 aromatic heterocycles. The average Bonchev–Trinajstić information content (AvgIpc) is 3.23. The highest BCUT2D eigenvalue weighted by molar-refractivity contribution is 7.18. The predicted octanol–water partition coefficient (Wildman–Crippen LogP) is 2.23. The second-order valence-corrected chi connectivity index (χ2v) is 8.85. The van der Waals surface area contributed by atoms with Gasteiger partial charge < -0.3 is 19.4 Å². The van der Waals surface area contributed by atoms with E-state index in [9.17, 15) is 4.79 Å². The van der Waals surface area contributed by atoms with Crippen LogP contribution in [0.2, 0.25) is 0 Å². The van der Waals surface area contributed by atoms with Crippen molar-refractivity contribution < 1.29 is 14.4 Å². The van der Waals surface area contributed by atoms with E-state index in [4.69, 9.17) is 9.72 Å².